The monoisotopic (exact) mass is 692 g/mol. The zero-order valence-electron chi connectivity index (χ0n) is 29.6. The fourth-order valence-corrected chi connectivity index (χ4v) is 7.89. The fourth-order valence-electron chi connectivity index (χ4n) is 7.89. The van der Waals surface area contributed by atoms with Crippen LogP contribution in [0.4, 0.5) is 17.1 Å². The summed E-state index contributed by atoms with van der Waals surface area (Å²) in [5, 5.41) is 2.50. The topological polar surface area (TPSA) is 34.0 Å². The van der Waals surface area contributed by atoms with E-state index in [1.807, 2.05) is 30.3 Å². The molecular weight excluding hydrogens is 657 g/mol. The molecule has 9 aromatic rings. The van der Waals surface area contributed by atoms with Crippen molar-refractivity contribution in [2.24, 2.45) is 0 Å². The summed E-state index contributed by atoms with van der Waals surface area (Å²) in [6.45, 7) is 0. The molecule has 0 saturated heterocycles. The molecule has 1 aliphatic carbocycles. The molecule has 0 N–H and O–H groups in total. The standard InChI is InChI=1S/C50H36N4/c1-4-14-35(15-5-1)36-24-28-40(29-25-36)53(42-32-33-48-44(34-42)43-20-10-13-23-47(43)54(48)39-18-8-3-9-19-39)41-30-26-38(27-31-41)50-49(37-16-6-2-7-17-37)51-45-21-11-12-22-46(45)52-50/h1-18,20-34,39H,19H2. The number of aromatic nitrogens is 3. The molecule has 0 fully saturated rings. The molecule has 0 aliphatic heterocycles. The van der Waals surface area contributed by atoms with Gasteiger partial charge in [-0.3, -0.25) is 0 Å². The molecule has 0 radical (unpaired) electrons. The Morgan fingerprint density at radius 2 is 0.963 bits per heavy atom. The quantitative estimate of drug-likeness (QED) is 0.167. The van der Waals surface area contributed by atoms with E-state index >= 15 is 0 Å². The molecule has 256 valence electrons. The van der Waals surface area contributed by atoms with Crippen molar-refractivity contribution < 1.29 is 0 Å². The van der Waals surface area contributed by atoms with Crippen molar-refractivity contribution in [2.45, 2.75) is 12.5 Å². The van der Waals surface area contributed by atoms with Gasteiger partial charge in [0.2, 0.25) is 0 Å². The Balaban J connectivity index is 1.12. The third-order valence-electron chi connectivity index (χ3n) is 10.5. The number of nitrogens with zero attached hydrogens (tertiary/aromatic N) is 4. The molecule has 1 unspecified atom stereocenters. The Labute approximate surface area is 314 Å². The first kappa shape index (κ1) is 31.7. The average molecular weight is 693 g/mol. The van der Waals surface area contributed by atoms with Crippen LogP contribution in [-0.2, 0) is 0 Å². The Morgan fingerprint density at radius 3 is 1.61 bits per heavy atom. The van der Waals surface area contributed by atoms with E-state index in [0.717, 1.165) is 57.0 Å². The van der Waals surface area contributed by atoms with E-state index in [1.54, 1.807) is 0 Å². The van der Waals surface area contributed by atoms with Gasteiger partial charge in [-0.25, -0.2) is 9.97 Å². The Kier molecular flexibility index (Phi) is 7.92. The smallest absolute Gasteiger partial charge is 0.0973 e. The highest BCUT2D eigenvalue weighted by Crippen LogP contribution is 2.42. The molecule has 2 heterocycles. The average Bonchev–Trinajstić information content (AvgIpc) is 3.58. The van der Waals surface area contributed by atoms with Crippen molar-refractivity contribution in [2.75, 3.05) is 4.90 Å². The minimum absolute atomic E-state index is 0.274. The van der Waals surface area contributed by atoms with Gasteiger partial charge in [0.15, 0.2) is 0 Å². The summed E-state index contributed by atoms with van der Waals surface area (Å²) in [6, 6.07) is 62.6. The number of allylic oxidation sites excluding steroid dienone is 4. The molecule has 54 heavy (non-hydrogen) atoms. The van der Waals surface area contributed by atoms with Crippen LogP contribution >= 0.6 is 0 Å². The Morgan fingerprint density at radius 1 is 0.444 bits per heavy atom. The van der Waals surface area contributed by atoms with Crippen LogP contribution in [0.15, 0.2) is 200 Å². The molecule has 1 atom stereocenters. The normalized spacial score (nSPS) is 13.9. The first-order valence-electron chi connectivity index (χ1n) is 18.5. The second kappa shape index (κ2) is 13.5. The van der Waals surface area contributed by atoms with Crippen molar-refractivity contribution in [3.63, 3.8) is 0 Å². The van der Waals surface area contributed by atoms with E-state index in [-0.39, 0.29) is 6.04 Å². The summed E-state index contributed by atoms with van der Waals surface area (Å²) in [6.07, 6.45) is 9.86. The SMILES string of the molecule is C1=CCC(n2c3ccccc3c3cc(N(c4ccc(-c5ccccc5)cc4)c4ccc(-c5nc6ccccc6nc5-c5ccccc5)cc4)ccc32)C=C1. The molecule has 10 rings (SSSR count). The summed E-state index contributed by atoms with van der Waals surface area (Å²) in [5.41, 5.74) is 13.7. The van der Waals surface area contributed by atoms with Gasteiger partial charge < -0.3 is 9.47 Å². The van der Waals surface area contributed by atoms with Gasteiger partial charge in [-0.05, 0) is 78.2 Å². The van der Waals surface area contributed by atoms with E-state index < -0.39 is 0 Å². The first-order chi connectivity index (χ1) is 26.8. The van der Waals surface area contributed by atoms with Gasteiger partial charge in [0, 0.05) is 50.0 Å². The molecule has 4 heteroatoms. The second-order valence-corrected chi connectivity index (χ2v) is 13.8. The van der Waals surface area contributed by atoms with Crippen LogP contribution < -0.4 is 4.90 Å². The van der Waals surface area contributed by atoms with Crippen LogP contribution in [0, 0.1) is 0 Å². The zero-order valence-corrected chi connectivity index (χ0v) is 29.6. The van der Waals surface area contributed by atoms with Crippen molar-refractivity contribution in [3.05, 3.63) is 200 Å². The lowest BCUT2D eigenvalue weighted by molar-refractivity contribution is 0.648. The lowest BCUT2D eigenvalue weighted by Crippen LogP contribution is -2.10. The number of anilines is 3. The summed E-state index contributed by atoms with van der Waals surface area (Å²) < 4.78 is 2.50. The molecule has 0 saturated carbocycles. The third-order valence-corrected chi connectivity index (χ3v) is 10.5. The summed E-state index contributed by atoms with van der Waals surface area (Å²) in [5.74, 6) is 0. The van der Waals surface area contributed by atoms with Gasteiger partial charge >= 0.3 is 0 Å². The van der Waals surface area contributed by atoms with E-state index in [0.29, 0.717) is 0 Å². The molecule has 2 aromatic heterocycles. The van der Waals surface area contributed by atoms with Crippen LogP contribution in [0.2, 0.25) is 0 Å². The van der Waals surface area contributed by atoms with Crippen LogP contribution in [0.1, 0.15) is 12.5 Å². The van der Waals surface area contributed by atoms with Gasteiger partial charge in [-0.1, -0.05) is 140 Å². The predicted octanol–water partition coefficient (Wildman–Crippen LogP) is 13.3. The van der Waals surface area contributed by atoms with Crippen LogP contribution in [-0.4, -0.2) is 14.5 Å². The third kappa shape index (κ3) is 5.65. The van der Waals surface area contributed by atoms with Gasteiger partial charge in [-0.15, -0.1) is 0 Å². The molecule has 0 amide bonds. The van der Waals surface area contributed by atoms with E-state index in [1.165, 1.54) is 32.9 Å². The highest BCUT2D eigenvalue weighted by atomic mass is 15.1. The van der Waals surface area contributed by atoms with Gasteiger partial charge in [0.05, 0.1) is 28.5 Å². The van der Waals surface area contributed by atoms with Crippen LogP contribution in [0.3, 0.4) is 0 Å². The first-order valence-corrected chi connectivity index (χ1v) is 18.5. The van der Waals surface area contributed by atoms with Crippen molar-refractivity contribution >= 4 is 49.9 Å². The Hall–Kier alpha value is -7.04. The molecule has 4 nitrogen and oxygen atoms in total. The fraction of sp³-hybridized carbons (Fsp3) is 0.0400. The number of benzene rings is 7. The lowest BCUT2D eigenvalue weighted by atomic mass is 10.0. The van der Waals surface area contributed by atoms with Gasteiger partial charge in [-0.2, -0.15) is 0 Å². The molecule has 1 aliphatic rings. The van der Waals surface area contributed by atoms with E-state index in [4.69, 9.17) is 9.97 Å². The van der Waals surface area contributed by atoms with Gasteiger partial charge in [0.25, 0.3) is 0 Å². The number of rotatable bonds is 7. The largest absolute Gasteiger partial charge is 0.333 e. The maximum absolute atomic E-state index is 5.17. The minimum atomic E-state index is 0.274. The van der Waals surface area contributed by atoms with Crippen LogP contribution in [0.25, 0.3) is 66.5 Å². The van der Waals surface area contributed by atoms with Crippen LogP contribution in [0.5, 0.6) is 0 Å². The maximum atomic E-state index is 5.17. The summed E-state index contributed by atoms with van der Waals surface area (Å²) >= 11 is 0. The van der Waals surface area contributed by atoms with Crippen molar-refractivity contribution in [3.8, 4) is 33.6 Å². The van der Waals surface area contributed by atoms with Gasteiger partial charge in [0.1, 0.15) is 0 Å². The minimum Gasteiger partial charge on any atom is -0.333 e. The zero-order chi connectivity index (χ0) is 35.8. The lowest BCUT2D eigenvalue weighted by Gasteiger charge is -2.26. The number of hydrogen-bond acceptors (Lipinski definition) is 3. The highest BCUT2D eigenvalue weighted by molar-refractivity contribution is 6.09. The number of fused-ring (bicyclic) bond motifs is 4. The number of para-hydroxylation sites is 3. The molecule has 0 spiro atoms. The molecule has 7 aromatic carbocycles. The highest BCUT2D eigenvalue weighted by Gasteiger charge is 2.20. The second-order valence-electron chi connectivity index (χ2n) is 13.8. The van der Waals surface area contributed by atoms with E-state index in [2.05, 4.69) is 179 Å². The van der Waals surface area contributed by atoms with Crippen molar-refractivity contribution in [1.29, 1.82) is 0 Å². The number of hydrogen-bond donors (Lipinski definition) is 0. The van der Waals surface area contributed by atoms with Crippen molar-refractivity contribution in [1.82, 2.24) is 14.5 Å². The maximum Gasteiger partial charge on any atom is 0.0973 e. The molecule has 0 bridgehead atoms. The predicted molar refractivity (Wildman–Crippen MR) is 225 cm³/mol. The summed E-state index contributed by atoms with van der Waals surface area (Å²) in [7, 11) is 0. The van der Waals surface area contributed by atoms with E-state index in [9.17, 15) is 0 Å². The Bertz CT molecular complexity index is 2830. The summed E-state index contributed by atoms with van der Waals surface area (Å²) in [4.78, 5) is 12.6. The molecular formula is C50H36N4.